The number of halogens is 1. The van der Waals surface area contributed by atoms with Crippen molar-refractivity contribution < 1.29 is 17.6 Å². The summed E-state index contributed by atoms with van der Waals surface area (Å²) in [6.07, 6.45) is 1.07. The highest BCUT2D eigenvalue weighted by molar-refractivity contribution is 7.92. The molecule has 0 unspecified atom stereocenters. The number of hydrogen-bond donors (Lipinski definition) is 1. The summed E-state index contributed by atoms with van der Waals surface area (Å²) in [4.78, 5) is 12.2. The van der Waals surface area contributed by atoms with Crippen molar-refractivity contribution in [3.05, 3.63) is 65.5 Å². The van der Waals surface area contributed by atoms with Gasteiger partial charge in [-0.15, -0.1) is 0 Å². The van der Waals surface area contributed by atoms with Gasteiger partial charge in [0.15, 0.2) is 0 Å². The van der Waals surface area contributed by atoms with E-state index in [2.05, 4.69) is 5.32 Å². The lowest BCUT2D eigenvalue weighted by Gasteiger charge is -2.22. The van der Waals surface area contributed by atoms with Crippen LogP contribution in [0.3, 0.4) is 0 Å². The highest BCUT2D eigenvalue weighted by Gasteiger charge is 2.20. The van der Waals surface area contributed by atoms with Crippen LogP contribution in [0.4, 0.5) is 10.1 Å². The zero-order valence-corrected chi connectivity index (χ0v) is 15.9. The van der Waals surface area contributed by atoms with Crippen molar-refractivity contribution in [1.82, 2.24) is 5.32 Å². The quantitative estimate of drug-likeness (QED) is 0.805. The third kappa shape index (κ3) is 5.56. The SMILES string of the molecule is CC(C)c1ccc(N(CC(=O)NCc2ccc(F)cc2)S(C)(=O)=O)cc1. The van der Waals surface area contributed by atoms with Crippen molar-refractivity contribution in [3.63, 3.8) is 0 Å². The average Bonchev–Trinajstić information content (AvgIpc) is 2.58. The molecular formula is C19H23FN2O3S. The Bertz CT molecular complexity index is 847. The van der Waals surface area contributed by atoms with Gasteiger partial charge in [0.25, 0.3) is 0 Å². The van der Waals surface area contributed by atoms with E-state index in [4.69, 9.17) is 0 Å². The van der Waals surface area contributed by atoms with Crippen LogP contribution in [0.5, 0.6) is 0 Å². The predicted molar refractivity (Wildman–Crippen MR) is 101 cm³/mol. The fourth-order valence-electron chi connectivity index (χ4n) is 2.41. The fraction of sp³-hybridized carbons (Fsp3) is 0.316. The molecule has 1 amide bonds. The standard InChI is InChI=1S/C19H23FN2O3S/c1-14(2)16-6-10-18(11-7-16)22(26(3,24)25)13-19(23)21-12-15-4-8-17(20)9-5-15/h4-11,14H,12-13H2,1-3H3,(H,21,23). The predicted octanol–water partition coefficient (Wildman–Crippen LogP) is 3.03. The van der Waals surface area contributed by atoms with Crippen LogP contribution in [0.2, 0.25) is 0 Å². The molecule has 2 aromatic rings. The number of carbonyl (C=O) groups excluding carboxylic acids is 1. The van der Waals surface area contributed by atoms with Crippen molar-refractivity contribution in [3.8, 4) is 0 Å². The van der Waals surface area contributed by atoms with Gasteiger partial charge in [-0.3, -0.25) is 9.10 Å². The first kappa shape index (κ1) is 19.9. The van der Waals surface area contributed by atoms with Crippen molar-refractivity contribution in [1.29, 1.82) is 0 Å². The summed E-state index contributed by atoms with van der Waals surface area (Å²) in [7, 11) is -3.61. The van der Waals surface area contributed by atoms with E-state index in [0.717, 1.165) is 21.7 Å². The van der Waals surface area contributed by atoms with Gasteiger partial charge in [0.2, 0.25) is 15.9 Å². The Balaban J connectivity index is 2.07. The molecule has 0 saturated carbocycles. The Hall–Kier alpha value is -2.41. The molecule has 2 rings (SSSR count). The first-order valence-electron chi connectivity index (χ1n) is 8.25. The largest absolute Gasteiger partial charge is 0.350 e. The minimum atomic E-state index is -3.61. The zero-order valence-electron chi connectivity index (χ0n) is 15.1. The normalized spacial score (nSPS) is 11.4. The monoisotopic (exact) mass is 378 g/mol. The number of rotatable bonds is 7. The second-order valence-electron chi connectivity index (χ2n) is 6.42. The fourth-order valence-corrected chi connectivity index (χ4v) is 3.27. The van der Waals surface area contributed by atoms with Crippen LogP contribution in [0.1, 0.15) is 30.9 Å². The first-order chi connectivity index (χ1) is 12.2. The molecule has 0 bridgehead atoms. The summed E-state index contributed by atoms with van der Waals surface area (Å²) < 4.78 is 38.2. The summed E-state index contributed by atoms with van der Waals surface area (Å²) in [6.45, 7) is 3.97. The van der Waals surface area contributed by atoms with Crippen LogP contribution in [0.15, 0.2) is 48.5 Å². The molecular weight excluding hydrogens is 355 g/mol. The Morgan fingerprint density at radius 2 is 1.65 bits per heavy atom. The number of nitrogens with zero attached hydrogens (tertiary/aromatic N) is 1. The molecule has 0 aromatic heterocycles. The molecule has 7 heteroatoms. The van der Waals surface area contributed by atoms with Gasteiger partial charge in [-0.05, 0) is 41.3 Å². The lowest BCUT2D eigenvalue weighted by atomic mass is 10.0. The first-order valence-corrected chi connectivity index (χ1v) is 10.1. The van der Waals surface area contributed by atoms with Crippen molar-refractivity contribution in [2.24, 2.45) is 0 Å². The second-order valence-corrected chi connectivity index (χ2v) is 8.33. The highest BCUT2D eigenvalue weighted by atomic mass is 32.2. The molecule has 26 heavy (non-hydrogen) atoms. The van der Waals surface area contributed by atoms with Gasteiger partial charge in [-0.2, -0.15) is 0 Å². The van der Waals surface area contributed by atoms with E-state index in [1.807, 2.05) is 26.0 Å². The molecule has 0 radical (unpaired) electrons. The molecule has 0 aliphatic heterocycles. The average molecular weight is 378 g/mol. The van der Waals surface area contributed by atoms with E-state index >= 15 is 0 Å². The number of hydrogen-bond acceptors (Lipinski definition) is 3. The number of amides is 1. The Kier molecular flexibility index (Phi) is 6.37. The minimum Gasteiger partial charge on any atom is -0.350 e. The van der Waals surface area contributed by atoms with Gasteiger partial charge in [-0.1, -0.05) is 38.1 Å². The molecule has 0 fully saturated rings. The third-order valence-electron chi connectivity index (χ3n) is 3.94. The number of nitrogens with one attached hydrogen (secondary N) is 1. The minimum absolute atomic E-state index is 0.197. The summed E-state index contributed by atoms with van der Waals surface area (Å²) in [6, 6.07) is 12.8. The molecule has 0 heterocycles. The van der Waals surface area contributed by atoms with Crippen molar-refractivity contribution in [2.75, 3.05) is 17.1 Å². The van der Waals surface area contributed by atoms with Crippen LogP contribution in [0.25, 0.3) is 0 Å². The number of sulfonamides is 1. The maximum Gasteiger partial charge on any atom is 0.241 e. The third-order valence-corrected chi connectivity index (χ3v) is 5.08. The summed E-state index contributed by atoms with van der Waals surface area (Å²) >= 11 is 0. The van der Waals surface area contributed by atoms with E-state index in [1.54, 1.807) is 24.3 Å². The molecule has 0 saturated heterocycles. The van der Waals surface area contributed by atoms with Crippen molar-refractivity contribution >= 4 is 21.6 Å². The van der Waals surface area contributed by atoms with Gasteiger partial charge in [0, 0.05) is 6.54 Å². The van der Waals surface area contributed by atoms with Gasteiger partial charge in [0.05, 0.1) is 11.9 Å². The second kappa shape index (κ2) is 8.31. The molecule has 0 aliphatic rings. The van der Waals surface area contributed by atoms with Gasteiger partial charge >= 0.3 is 0 Å². The Morgan fingerprint density at radius 3 is 2.15 bits per heavy atom. The molecule has 140 valence electrons. The van der Waals surface area contributed by atoms with Crippen molar-refractivity contribution in [2.45, 2.75) is 26.3 Å². The van der Waals surface area contributed by atoms with E-state index in [0.29, 0.717) is 11.6 Å². The van der Waals surface area contributed by atoms with E-state index in [1.165, 1.54) is 12.1 Å². The van der Waals surface area contributed by atoms with Crippen LogP contribution in [0, 0.1) is 5.82 Å². The number of carbonyl (C=O) groups is 1. The van der Waals surface area contributed by atoms with Gasteiger partial charge in [-0.25, -0.2) is 12.8 Å². The maximum atomic E-state index is 12.9. The van der Waals surface area contributed by atoms with E-state index in [-0.39, 0.29) is 18.9 Å². The van der Waals surface area contributed by atoms with E-state index < -0.39 is 15.9 Å². The molecule has 1 N–H and O–H groups in total. The molecule has 0 aliphatic carbocycles. The lowest BCUT2D eigenvalue weighted by molar-refractivity contribution is -0.119. The van der Waals surface area contributed by atoms with Crippen LogP contribution >= 0.6 is 0 Å². The van der Waals surface area contributed by atoms with Gasteiger partial charge in [0.1, 0.15) is 12.4 Å². The molecule has 5 nitrogen and oxygen atoms in total. The Labute approximate surface area is 153 Å². The zero-order chi connectivity index (χ0) is 19.3. The molecule has 2 aromatic carbocycles. The van der Waals surface area contributed by atoms with Gasteiger partial charge < -0.3 is 5.32 Å². The van der Waals surface area contributed by atoms with Crippen LogP contribution in [-0.4, -0.2) is 27.1 Å². The topological polar surface area (TPSA) is 66.5 Å². The lowest BCUT2D eigenvalue weighted by Crippen LogP contribution is -2.40. The Morgan fingerprint density at radius 1 is 1.08 bits per heavy atom. The number of anilines is 1. The van der Waals surface area contributed by atoms with Crippen LogP contribution < -0.4 is 9.62 Å². The van der Waals surface area contributed by atoms with Crippen LogP contribution in [-0.2, 0) is 21.4 Å². The summed E-state index contributed by atoms with van der Waals surface area (Å²) in [5, 5.41) is 2.65. The summed E-state index contributed by atoms with van der Waals surface area (Å²) in [5.74, 6) is -0.462. The molecule has 0 spiro atoms. The maximum absolute atomic E-state index is 12.9. The smallest absolute Gasteiger partial charge is 0.241 e. The summed E-state index contributed by atoms with van der Waals surface area (Å²) in [5.41, 5.74) is 2.25. The number of benzene rings is 2. The van der Waals surface area contributed by atoms with E-state index in [9.17, 15) is 17.6 Å². The molecule has 0 atom stereocenters. The highest BCUT2D eigenvalue weighted by Crippen LogP contribution is 2.21.